The topological polar surface area (TPSA) is 77.4 Å². The third-order valence-electron chi connectivity index (χ3n) is 5.50. The van der Waals surface area contributed by atoms with Gasteiger partial charge in [0.1, 0.15) is 0 Å². The molecule has 0 fully saturated rings. The quantitative estimate of drug-likeness (QED) is 0.183. The maximum atomic E-state index is 11.5. The molecule has 6 heteroatoms. The Balaban J connectivity index is 0. The van der Waals surface area contributed by atoms with E-state index in [1.165, 1.54) is 57.8 Å². The third-order valence-corrected chi connectivity index (χ3v) is 6.79. The van der Waals surface area contributed by atoms with E-state index in [1.807, 2.05) is 0 Å². The van der Waals surface area contributed by atoms with E-state index in [0.29, 0.717) is 19.3 Å². The van der Waals surface area contributed by atoms with Crippen molar-refractivity contribution >= 4 is 10.1 Å². The average Bonchev–Trinajstić information content (AvgIpc) is 2.61. The van der Waals surface area contributed by atoms with E-state index in [1.54, 1.807) is 0 Å². The van der Waals surface area contributed by atoms with Crippen LogP contribution in [0.4, 0.5) is 0 Å². The van der Waals surface area contributed by atoms with E-state index < -0.39 is 21.5 Å². The van der Waals surface area contributed by atoms with Crippen LogP contribution in [0.3, 0.4) is 0 Å². The SMILES string of the molecule is CCCCCCCCCC(O)CCC(CCCCCCCCC)S(=O)(=O)[O-].[Na+]. The molecule has 0 radical (unpaired) electrons. The molecule has 1 N–H and O–H groups in total. The molecule has 0 aromatic carbocycles. The molecule has 0 rings (SSSR count). The van der Waals surface area contributed by atoms with Crippen molar-refractivity contribution in [1.82, 2.24) is 0 Å². The zero-order valence-corrected chi connectivity index (χ0v) is 21.8. The van der Waals surface area contributed by atoms with Gasteiger partial charge in [0.25, 0.3) is 0 Å². The first-order valence-electron chi connectivity index (χ1n) is 11.5. The molecular formula is C22H45NaO4S. The summed E-state index contributed by atoms with van der Waals surface area (Å²) in [5.41, 5.74) is 0. The van der Waals surface area contributed by atoms with E-state index in [9.17, 15) is 18.1 Å². The predicted octanol–water partition coefficient (Wildman–Crippen LogP) is 3.33. The third kappa shape index (κ3) is 20.2. The fourth-order valence-corrected chi connectivity index (χ4v) is 4.50. The van der Waals surface area contributed by atoms with Crippen LogP contribution in [0.25, 0.3) is 0 Å². The van der Waals surface area contributed by atoms with Gasteiger partial charge in [0, 0.05) is 5.25 Å². The van der Waals surface area contributed by atoms with Gasteiger partial charge in [-0.1, -0.05) is 104 Å². The molecule has 0 heterocycles. The van der Waals surface area contributed by atoms with Crippen LogP contribution >= 0.6 is 0 Å². The molecule has 0 amide bonds. The number of aliphatic hydroxyl groups is 1. The maximum absolute atomic E-state index is 11.5. The summed E-state index contributed by atoms with van der Waals surface area (Å²) in [6.07, 6.45) is 17.7. The van der Waals surface area contributed by atoms with Crippen molar-refractivity contribution in [1.29, 1.82) is 0 Å². The molecule has 0 aliphatic rings. The maximum Gasteiger partial charge on any atom is 1.00 e. The van der Waals surface area contributed by atoms with Crippen LogP contribution in [0, 0.1) is 0 Å². The van der Waals surface area contributed by atoms with Gasteiger partial charge in [0.15, 0.2) is 0 Å². The Morgan fingerprint density at radius 3 is 1.46 bits per heavy atom. The van der Waals surface area contributed by atoms with E-state index >= 15 is 0 Å². The smallest absolute Gasteiger partial charge is 0.748 e. The Morgan fingerprint density at radius 1 is 0.643 bits per heavy atom. The molecule has 0 aromatic heterocycles. The van der Waals surface area contributed by atoms with Crippen molar-refractivity contribution in [2.45, 2.75) is 141 Å². The monoisotopic (exact) mass is 428 g/mol. The van der Waals surface area contributed by atoms with Crippen LogP contribution in [-0.2, 0) is 10.1 Å². The van der Waals surface area contributed by atoms with Crippen LogP contribution in [-0.4, -0.2) is 29.4 Å². The van der Waals surface area contributed by atoms with Gasteiger partial charge in [0.2, 0.25) is 0 Å². The fourth-order valence-electron chi connectivity index (χ4n) is 3.62. The fraction of sp³-hybridized carbons (Fsp3) is 1.00. The zero-order chi connectivity index (χ0) is 20.4. The average molecular weight is 429 g/mol. The minimum Gasteiger partial charge on any atom is -0.748 e. The van der Waals surface area contributed by atoms with E-state index in [2.05, 4.69) is 13.8 Å². The predicted molar refractivity (Wildman–Crippen MR) is 114 cm³/mol. The number of aliphatic hydroxyl groups excluding tert-OH is 1. The molecule has 2 atom stereocenters. The molecule has 0 bridgehead atoms. The summed E-state index contributed by atoms with van der Waals surface area (Å²) in [4.78, 5) is 0. The van der Waals surface area contributed by atoms with Crippen LogP contribution < -0.4 is 29.6 Å². The summed E-state index contributed by atoms with van der Waals surface area (Å²) in [6.45, 7) is 4.39. The second-order valence-corrected chi connectivity index (χ2v) is 9.82. The Labute approximate surface area is 197 Å². The first kappa shape index (κ1) is 31.1. The number of hydrogen-bond donors (Lipinski definition) is 1. The molecule has 0 aromatic rings. The van der Waals surface area contributed by atoms with Crippen molar-refractivity contribution in [3.8, 4) is 0 Å². The molecule has 0 aliphatic carbocycles. The van der Waals surface area contributed by atoms with Crippen LogP contribution in [0.15, 0.2) is 0 Å². The van der Waals surface area contributed by atoms with Gasteiger partial charge in [-0.05, 0) is 25.7 Å². The van der Waals surface area contributed by atoms with Crippen LogP contribution in [0.5, 0.6) is 0 Å². The largest absolute Gasteiger partial charge is 1.00 e. The molecule has 0 saturated heterocycles. The number of rotatable bonds is 20. The minimum atomic E-state index is -4.26. The standard InChI is InChI=1S/C22H46O4S.Na/c1-3-5-7-9-11-13-15-17-21(23)19-20-22(27(24,25)26)18-16-14-12-10-8-6-4-2;/h21-23H,3-20H2,1-2H3,(H,24,25,26);/q;+1/p-1. The molecule has 164 valence electrons. The van der Waals surface area contributed by atoms with Crippen LogP contribution in [0.2, 0.25) is 0 Å². The molecule has 0 aliphatic heterocycles. The molecule has 4 nitrogen and oxygen atoms in total. The van der Waals surface area contributed by atoms with Crippen molar-refractivity contribution < 1.29 is 47.6 Å². The van der Waals surface area contributed by atoms with Crippen molar-refractivity contribution in [3.05, 3.63) is 0 Å². The summed E-state index contributed by atoms with van der Waals surface area (Å²) < 4.78 is 34.5. The Kier molecular flexibility index (Phi) is 23.4. The summed E-state index contributed by atoms with van der Waals surface area (Å²) in [6, 6.07) is 0. The first-order valence-corrected chi connectivity index (χ1v) is 13.0. The summed E-state index contributed by atoms with van der Waals surface area (Å²) in [7, 11) is -4.26. The summed E-state index contributed by atoms with van der Waals surface area (Å²) in [5.74, 6) is 0. The minimum absolute atomic E-state index is 0. The molecular weight excluding hydrogens is 383 g/mol. The van der Waals surface area contributed by atoms with Gasteiger partial charge in [-0.2, -0.15) is 0 Å². The van der Waals surface area contributed by atoms with Gasteiger partial charge in [-0.3, -0.25) is 0 Å². The van der Waals surface area contributed by atoms with E-state index in [-0.39, 0.29) is 29.6 Å². The Bertz CT molecular complexity index is 415. The summed E-state index contributed by atoms with van der Waals surface area (Å²) >= 11 is 0. The Morgan fingerprint density at radius 2 is 1.04 bits per heavy atom. The molecule has 28 heavy (non-hydrogen) atoms. The second-order valence-electron chi connectivity index (χ2n) is 8.17. The van der Waals surface area contributed by atoms with Gasteiger partial charge in [0.05, 0.1) is 16.2 Å². The van der Waals surface area contributed by atoms with Crippen molar-refractivity contribution in [2.75, 3.05) is 0 Å². The van der Waals surface area contributed by atoms with Crippen molar-refractivity contribution in [3.63, 3.8) is 0 Å². The normalized spacial score (nSPS) is 13.9. The summed E-state index contributed by atoms with van der Waals surface area (Å²) in [5, 5.41) is 9.28. The van der Waals surface area contributed by atoms with Gasteiger partial charge >= 0.3 is 29.6 Å². The van der Waals surface area contributed by atoms with Crippen LogP contribution in [0.1, 0.15) is 129 Å². The van der Waals surface area contributed by atoms with E-state index in [4.69, 9.17) is 0 Å². The molecule has 0 saturated carbocycles. The van der Waals surface area contributed by atoms with Crippen molar-refractivity contribution in [2.24, 2.45) is 0 Å². The molecule has 2 unspecified atom stereocenters. The Hall–Kier alpha value is 0.870. The number of hydrogen-bond acceptors (Lipinski definition) is 4. The first-order chi connectivity index (χ1) is 12.9. The molecule has 0 spiro atoms. The number of unbranched alkanes of at least 4 members (excludes halogenated alkanes) is 12. The van der Waals surface area contributed by atoms with Gasteiger partial charge in [-0.15, -0.1) is 0 Å². The van der Waals surface area contributed by atoms with Gasteiger partial charge < -0.3 is 9.66 Å². The second kappa shape index (κ2) is 21.1. The van der Waals surface area contributed by atoms with E-state index in [0.717, 1.165) is 38.5 Å². The zero-order valence-electron chi connectivity index (χ0n) is 19.0. The van der Waals surface area contributed by atoms with Gasteiger partial charge in [-0.25, -0.2) is 8.42 Å².